The van der Waals surface area contributed by atoms with E-state index in [4.69, 9.17) is 40.0 Å². The van der Waals surface area contributed by atoms with Crippen LogP contribution in [0.25, 0.3) is 22.3 Å². The number of carbonyl (C=O) groups excluding carboxylic acids is 4. The summed E-state index contributed by atoms with van der Waals surface area (Å²) in [6.45, 7) is 35.1. The van der Waals surface area contributed by atoms with E-state index >= 15 is 0 Å². The van der Waals surface area contributed by atoms with Crippen molar-refractivity contribution in [3.8, 4) is 33.8 Å². The number of hydrogen-bond acceptors (Lipinski definition) is 12. The van der Waals surface area contributed by atoms with Gasteiger partial charge in [-0.3, -0.25) is 14.4 Å². The summed E-state index contributed by atoms with van der Waals surface area (Å²) in [6.07, 6.45) is 2.56. The minimum Gasteiger partial charge on any atom is -0.496 e. The molecule has 1 fully saturated rings. The summed E-state index contributed by atoms with van der Waals surface area (Å²) in [5.74, 6) is 1.22. The van der Waals surface area contributed by atoms with Crippen molar-refractivity contribution in [3.63, 3.8) is 0 Å². The fraction of sp³-hybridized carbons (Fsp3) is 0.467. The van der Waals surface area contributed by atoms with Gasteiger partial charge in [-0.15, -0.1) is 0 Å². The van der Waals surface area contributed by atoms with Crippen molar-refractivity contribution in [2.75, 3.05) is 73.5 Å². The average molecular weight is 1030 g/mol. The van der Waals surface area contributed by atoms with Crippen LogP contribution < -0.4 is 9.47 Å². The van der Waals surface area contributed by atoms with Gasteiger partial charge < -0.3 is 38.4 Å². The molecule has 0 bridgehead atoms. The summed E-state index contributed by atoms with van der Waals surface area (Å²) >= 11 is 4.87. The van der Waals surface area contributed by atoms with Gasteiger partial charge >= 0.3 is 5.97 Å². The molecule has 402 valence electrons. The lowest BCUT2D eigenvalue weighted by molar-refractivity contribution is -0.143. The van der Waals surface area contributed by atoms with Gasteiger partial charge in [-0.2, -0.15) is 0 Å². The Bertz CT molecular complexity index is 2290. The van der Waals surface area contributed by atoms with Crippen LogP contribution in [0.3, 0.4) is 0 Å². The molecule has 0 spiro atoms. The van der Waals surface area contributed by atoms with Crippen LogP contribution in [0, 0.1) is 10.8 Å². The van der Waals surface area contributed by atoms with Crippen LogP contribution in [0.2, 0.25) is 0 Å². The second-order valence-electron chi connectivity index (χ2n) is 19.1. The number of hydrogen-bond donors (Lipinski definition) is 1. The second kappa shape index (κ2) is 34.9. The van der Waals surface area contributed by atoms with E-state index < -0.39 is 11.2 Å². The third-order valence-electron chi connectivity index (χ3n) is 11.2. The summed E-state index contributed by atoms with van der Waals surface area (Å²) in [5.41, 5.74) is 7.50. The standard InChI is InChI=1S/C25H30O5.C21H26O4.C6H15N.C4H5ClO.C4H8O/c1-17(2)24(27)30-16-25(4,5)15-29-14-22-13-21(11-12-23(22)28-6)20-9-7-19(8-10-20)18(3)26;1-15(23)16-5-7-17(8-6-16)18-9-10-20(24-4)19(11-18)12-25-14-21(2,3)13-22;1-4-7(5-2)6-3;1-3(2)4(5)6;1-2-4-5-3-1/h7-13H,1,14-16H2,2-6H3;5-11,22H,12-14H2,1-4H3;4-6H2,1-3H3;1H2,2H3;1-4H2. The SMILES string of the molecule is C1CCOC1.C=C(C)C(=O)Cl.C=C(C)C(=O)OCC(C)(C)COCc1cc(-c2ccc(C(C)=O)cc2)ccc1OC.CCN(CC)CC.COc1ccc(-c2ccc(C(C)=O)cc2)cc1COCC(C)(C)CO. The van der Waals surface area contributed by atoms with Crippen LogP contribution in [0.4, 0.5) is 0 Å². The molecule has 1 aliphatic heterocycles. The molecular weight excluding hydrogens is 946 g/mol. The molecule has 1 aliphatic rings. The molecule has 12 nitrogen and oxygen atoms in total. The van der Waals surface area contributed by atoms with E-state index in [1.807, 2.05) is 113 Å². The Kier molecular flexibility index (Phi) is 31.3. The number of halogens is 1. The number of benzene rings is 4. The Morgan fingerprint density at radius 3 is 1.25 bits per heavy atom. The van der Waals surface area contributed by atoms with Gasteiger partial charge in [0.1, 0.15) is 11.5 Å². The quantitative estimate of drug-likeness (QED) is 0.0346. The molecule has 1 saturated heterocycles. The number of ketones is 2. The third-order valence-corrected chi connectivity index (χ3v) is 11.5. The van der Waals surface area contributed by atoms with Crippen LogP contribution in [-0.4, -0.2) is 106 Å². The van der Waals surface area contributed by atoms with Crippen molar-refractivity contribution < 1.29 is 52.7 Å². The van der Waals surface area contributed by atoms with Crippen molar-refractivity contribution in [2.24, 2.45) is 10.8 Å². The van der Waals surface area contributed by atoms with E-state index in [1.54, 1.807) is 41.9 Å². The first-order chi connectivity index (χ1) is 34.5. The molecule has 0 amide bonds. The van der Waals surface area contributed by atoms with Gasteiger partial charge in [0.25, 0.3) is 0 Å². The zero-order valence-electron chi connectivity index (χ0n) is 46.0. The Morgan fingerprint density at radius 2 is 0.973 bits per heavy atom. The predicted molar refractivity (Wildman–Crippen MR) is 296 cm³/mol. The smallest absolute Gasteiger partial charge is 0.333 e. The number of allylic oxidation sites excluding steroid dienone is 1. The van der Waals surface area contributed by atoms with Gasteiger partial charge in [-0.25, -0.2) is 4.79 Å². The van der Waals surface area contributed by atoms with E-state index in [9.17, 15) is 24.3 Å². The zero-order valence-corrected chi connectivity index (χ0v) is 46.8. The number of esters is 1. The van der Waals surface area contributed by atoms with E-state index in [0.717, 1.165) is 58.1 Å². The lowest BCUT2D eigenvalue weighted by Crippen LogP contribution is -2.27. The average Bonchev–Trinajstić information content (AvgIpc) is 3.98. The topological polar surface area (TPSA) is 147 Å². The molecule has 73 heavy (non-hydrogen) atoms. The van der Waals surface area contributed by atoms with Gasteiger partial charge in [0.05, 0.1) is 53.9 Å². The fourth-order valence-electron chi connectivity index (χ4n) is 6.46. The molecule has 4 aromatic rings. The summed E-state index contributed by atoms with van der Waals surface area (Å²) in [5, 5.41) is 8.85. The van der Waals surface area contributed by atoms with E-state index in [2.05, 4.69) is 38.8 Å². The van der Waals surface area contributed by atoms with E-state index in [0.29, 0.717) is 48.7 Å². The van der Waals surface area contributed by atoms with Crippen molar-refractivity contribution in [1.29, 1.82) is 0 Å². The van der Waals surface area contributed by atoms with Crippen LogP contribution in [-0.2, 0) is 41.8 Å². The molecule has 5 rings (SSSR count). The van der Waals surface area contributed by atoms with Gasteiger partial charge in [-0.05, 0) is 118 Å². The molecule has 0 aromatic heterocycles. The molecule has 1 N–H and O–H groups in total. The maximum Gasteiger partial charge on any atom is 0.333 e. The maximum atomic E-state index is 11.6. The number of aliphatic hydroxyl groups excluding tert-OH is 1. The highest BCUT2D eigenvalue weighted by molar-refractivity contribution is 6.67. The molecular formula is C60H84ClNO11. The third kappa shape index (κ3) is 26.4. The second-order valence-corrected chi connectivity index (χ2v) is 19.5. The summed E-state index contributed by atoms with van der Waals surface area (Å²) in [7, 11) is 3.26. The number of aliphatic hydroxyl groups is 1. The van der Waals surface area contributed by atoms with Crippen LogP contribution in [0.15, 0.2) is 109 Å². The van der Waals surface area contributed by atoms with Gasteiger partial charge in [0.15, 0.2) is 11.6 Å². The molecule has 0 radical (unpaired) electrons. The van der Waals surface area contributed by atoms with Gasteiger partial charge in [0, 0.05) is 57.4 Å². The number of methoxy groups -OCH3 is 2. The number of Topliss-reactive ketones (excluding diaryl/α,β-unsaturated/α-hetero) is 2. The molecule has 1 heterocycles. The first kappa shape index (κ1) is 65.5. The van der Waals surface area contributed by atoms with Crippen LogP contribution >= 0.6 is 11.6 Å². The molecule has 0 unspecified atom stereocenters. The van der Waals surface area contributed by atoms with E-state index in [1.165, 1.54) is 32.5 Å². The number of carbonyl (C=O) groups is 4. The van der Waals surface area contributed by atoms with Crippen LogP contribution in [0.5, 0.6) is 11.5 Å². The first-order valence-corrected chi connectivity index (χ1v) is 25.2. The largest absolute Gasteiger partial charge is 0.496 e. The predicted octanol–water partition coefficient (Wildman–Crippen LogP) is 12.8. The zero-order chi connectivity index (χ0) is 55.1. The van der Waals surface area contributed by atoms with Crippen LogP contribution in [0.1, 0.15) is 121 Å². The Hall–Kier alpha value is -5.47. The Labute approximate surface area is 442 Å². The number of ether oxygens (including phenoxy) is 6. The molecule has 4 aromatic carbocycles. The first-order valence-electron chi connectivity index (χ1n) is 24.8. The highest BCUT2D eigenvalue weighted by Gasteiger charge is 2.22. The maximum absolute atomic E-state index is 11.6. The minimum absolute atomic E-state index is 0.0434. The van der Waals surface area contributed by atoms with Crippen molar-refractivity contribution in [1.82, 2.24) is 4.90 Å². The summed E-state index contributed by atoms with van der Waals surface area (Å²) < 4.78 is 32.8. The van der Waals surface area contributed by atoms with Crippen molar-refractivity contribution >= 4 is 34.4 Å². The molecule has 0 aliphatic carbocycles. The number of rotatable bonds is 22. The lowest BCUT2D eigenvalue weighted by Gasteiger charge is -2.24. The summed E-state index contributed by atoms with van der Waals surface area (Å²) in [4.78, 5) is 46.7. The van der Waals surface area contributed by atoms with E-state index in [-0.39, 0.29) is 35.6 Å². The van der Waals surface area contributed by atoms with Gasteiger partial charge in [0.2, 0.25) is 5.24 Å². The Balaban J connectivity index is 0.000000548. The normalized spacial score (nSPS) is 11.7. The minimum atomic E-state index is -0.463. The molecule has 13 heteroatoms. The van der Waals surface area contributed by atoms with Gasteiger partial charge in [-0.1, -0.05) is 122 Å². The van der Waals surface area contributed by atoms with Crippen molar-refractivity contribution in [2.45, 2.75) is 102 Å². The number of nitrogens with zero attached hydrogens (tertiary/aromatic N) is 1. The highest BCUT2D eigenvalue weighted by atomic mass is 35.5. The molecule has 0 saturated carbocycles. The monoisotopic (exact) mass is 1030 g/mol. The molecule has 0 atom stereocenters. The Morgan fingerprint density at radius 1 is 0.603 bits per heavy atom. The highest BCUT2D eigenvalue weighted by Crippen LogP contribution is 2.30. The fourth-order valence-corrected chi connectivity index (χ4v) is 6.46. The lowest BCUT2D eigenvalue weighted by atomic mass is 9.96. The summed E-state index contributed by atoms with van der Waals surface area (Å²) in [6, 6.07) is 26.9. The van der Waals surface area contributed by atoms with Crippen molar-refractivity contribution in [3.05, 3.63) is 131 Å².